The first-order valence-corrected chi connectivity index (χ1v) is 9.31. The van der Waals surface area contributed by atoms with Gasteiger partial charge in [0.05, 0.1) is 5.69 Å². The minimum atomic E-state index is 0.0937. The summed E-state index contributed by atoms with van der Waals surface area (Å²) in [5.74, 6) is 1.80. The Morgan fingerprint density at radius 1 is 1.20 bits per heavy atom. The molecule has 0 radical (unpaired) electrons. The first kappa shape index (κ1) is 17.7. The highest BCUT2D eigenvalue weighted by atomic mass is 16.5. The van der Waals surface area contributed by atoms with E-state index >= 15 is 0 Å². The van der Waals surface area contributed by atoms with Crippen molar-refractivity contribution in [3.05, 3.63) is 52.9 Å². The fourth-order valence-electron chi connectivity index (χ4n) is 3.93. The van der Waals surface area contributed by atoms with E-state index in [9.17, 15) is 4.79 Å². The molecule has 25 heavy (non-hydrogen) atoms. The Balaban J connectivity index is 1.49. The zero-order valence-electron chi connectivity index (χ0n) is 15.4. The van der Waals surface area contributed by atoms with Gasteiger partial charge in [0.15, 0.2) is 0 Å². The predicted molar refractivity (Wildman–Crippen MR) is 98.4 cm³/mol. The van der Waals surface area contributed by atoms with E-state index in [1.54, 1.807) is 0 Å². The predicted octanol–water partition coefficient (Wildman–Crippen LogP) is 4.31. The largest absolute Gasteiger partial charge is 0.361 e. The van der Waals surface area contributed by atoms with Crippen LogP contribution >= 0.6 is 0 Å². The van der Waals surface area contributed by atoms with Crippen molar-refractivity contribution in [2.75, 3.05) is 0 Å². The van der Waals surface area contributed by atoms with Crippen LogP contribution in [-0.2, 0) is 11.2 Å². The second kappa shape index (κ2) is 7.85. The van der Waals surface area contributed by atoms with E-state index in [0.717, 1.165) is 49.1 Å². The summed E-state index contributed by atoms with van der Waals surface area (Å²) in [7, 11) is 0. The molecule has 0 aliphatic heterocycles. The van der Waals surface area contributed by atoms with Crippen LogP contribution in [0.2, 0.25) is 0 Å². The van der Waals surface area contributed by atoms with E-state index in [1.165, 1.54) is 5.56 Å². The lowest BCUT2D eigenvalue weighted by molar-refractivity contribution is -0.126. The van der Waals surface area contributed by atoms with Crippen LogP contribution < -0.4 is 5.32 Å². The molecular formula is C21H28N2O2. The number of rotatable bonds is 5. The Labute approximate surface area is 150 Å². The van der Waals surface area contributed by atoms with Gasteiger partial charge < -0.3 is 9.84 Å². The van der Waals surface area contributed by atoms with Gasteiger partial charge in [-0.25, -0.2) is 0 Å². The van der Waals surface area contributed by atoms with Crippen molar-refractivity contribution in [3.8, 4) is 0 Å². The van der Waals surface area contributed by atoms with E-state index in [4.69, 9.17) is 4.52 Å². The molecular weight excluding hydrogens is 312 g/mol. The Kier molecular flexibility index (Phi) is 5.57. The molecule has 0 bridgehead atoms. The van der Waals surface area contributed by atoms with Gasteiger partial charge in [0, 0.05) is 17.5 Å². The van der Waals surface area contributed by atoms with E-state index in [0.29, 0.717) is 5.92 Å². The summed E-state index contributed by atoms with van der Waals surface area (Å²) in [6.07, 6.45) is 4.92. The quantitative estimate of drug-likeness (QED) is 0.882. The van der Waals surface area contributed by atoms with Crippen molar-refractivity contribution in [2.24, 2.45) is 5.92 Å². The minimum Gasteiger partial charge on any atom is -0.361 e. The number of nitrogens with one attached hydrogen (secondary N) is 1. The molecule has 134 valence electrons. The molecule has 0 spiro atoms. The van der Waals surface area contributed by atoms with Crippen LogP contribution in [0.1, 0.15) is 61.1 Å². The fraction of sp³-hybridized carbons (Fsp3) is 0.524. The lowest BCUT2D eigenvalue weighted by atomic mass is 9.78. The zero-order chi connectivity index (χ0) is 17.8. The van der Waals surface area contributed by atoms with Gasteiger partial charge in [0.1, 0.15) is 5.76 Å². The number of aromatic nitrogens is 1. The van der Waals surface area contributed by atoms with Crippen molar-refractivity contribution in [1.29, 1.82) is 0 Å². The van der Waals surface area contributed by atoms with Crippen molar-refractivity contribution < 1.29 is 9.32 Å². The molecule has 1 aliphatic rings. The van der Waals surface area contributed by atoms with Crippen LogP contribution in [0.5, 0.6) is 0 Å². The van der Waals surface area contributed by atoms with Gasteiger partial charge in [0.25, 0.3) is 0 Å². The number of carbonyl (C=O) groups excluding carboxylic acids is 1. The van der Waals surface area contributed by atoms with Gasteiger partial charge in [0.2, 0.25) is 5.91 Å². The lowest BCUT2D eigenvalue weighted by Gasteiger charge is -2.29. The Morgan fingerprint density at radius 2 is 1.88 bits per heavy atom. The molecule has 1 heterocycles. The SMILES string of the molecule is Cc1noc(C)c1CC(C)NC(=O)C1CCC(c2ccccc2)CC1. The van der Waals surface area contributed by atoms with Crippen molar-refractivity contribution in [3.63, 3.8) is 0 Å². The summed E-state index contributed by atoms with van der Waals surface area (Å²) in [5, 5.41) is 7.18. The van der Waals surface area contributed by atoms with Gasteiger partial charge in [-0.3, -0.25) is 4.79 Å². The van der Waals surface area contributed by atoms with Crippen molar-refractivity contribution >= 4 is 5.91 Å². The summed E-state index contributed by atoms with van der Waals surface area (Å²) in [6.45, 7) is 5.93. The van der Waals surface area contributed by atoms with Crippen molar-refractivity contribution in [1.82, 2.24) is 10.5 Å². The lowest BCUT2D eigenvalue weighted by Crippen LogP contribution is -2.39. The number of aryl methyl sites for hydroxylation is 2. The maximum Gasteiger partial charge on any atom is 0.223 e. The van der Waals surface area contributed by atoms with Gasteiger partial charge in [-0.1, -0.05) is 35.5 Å². The number of hydrogen-bond donors (Lipinski definition) is 1. The normalized spacial score (nSPS) is 21.7. The standard InChI is InChI=1S/C21H28N2O2/c1-14(13-20-15(2)23-25-16(20)3)22-21(24)19-11-9-18(10-12-19)17-7-5-4-6-8-17/h4-8,14,18-19H,9-13H2,1-3H3,(H,22,24). The third-order valence-electron chi connectivity index (χ3n) is 5.45. The maximum atomic E-state index is 12.6. The molecule has 1 amide bonds. The zero-order valence-corrected chi connectivity index (χ0v) is 15.4. The van der Waals surface area contributed by atoms with Crippen LogP contribution in [-0.4, -0.2) is 17.1 Å². The molecule has 0 saturated heterocycles. The van der Waals surface area contributed by atoms with Gasteiger partial charge in [-0.2, -0.15) is 0 Å². The molecule has 1 N–H and O–H groups in total. The Hall–Kier alpha value is -2.10. The second-order valence-corrected chi connectivity index (χ2v) is 7.38. The van der Waals surface area contributed by atoms with Crippen LogP contribution in [0.15, 0.2) is 34.9 Å². The smallest absolute Gasteiger partial charge is 0.223 e. The van der Waals surface area contributed by atoms with E-state index < -0.39 is 0 Å². The Bertz CT molecular complexity index is 680. The van der Waals surface area contributed by atoms with Crippen LogP contribution in [0.3, 0.4) is 0 Å². The number of benzene rings is 1. The second-order valence-electron chi connectivity index (χ2n) is 7.38. The molecule has 4 nitrogen and oxygen atoms in total. The molecule has 1 saturated carbocycles. The Morgan fingerprint density at radius 3 is 2.48 bits per heavy atom. The molecule has 1 unspecified atom stereocenters. The number of hydrogen-bond acceptors (Lipinski definition) is 3. The van der Waals surface area contributed by atoms with Crippen molar-refractivity contribution in [2.45, 2.75) is 64.8 Å². The highest BCUT2D eigenvalue weighted by molar-refractivity contribution is 5.79. The molecule has 2 aromatic rings. The third kappa shape index (κ3) is 4.30. The topological polar surface area (TPSA) is 55.1 Å². The van der Waals surface area contributed by atoms with Crippen LogP contribution in [0.4, 0.5) is 0 Å². The van der Waals surface area contributed by atoms with Crippen LogP contribution in [0, 0.1) is 19.8 Å². The highest BCUT2D eigenvalue weighted by Crippen LogP contribution is 2.35. The molecule has 4 heteroatoms. The summed E-state index contributed by atoms with van der Waals surface area (Å²) in [6, 6.07) is 10.8. The fourth-order valence-corrected chi connectivity index (χ4v) is 3.93. The number of carbonyl (C=O) groups is 1. The molecule has 1 fully saturated rings. The molecule has 1 aromatic carbocycles. The first-order valence-electron chi connectivity index (χ1n) is 9.31. The van der Waals surface area contributed by atoms with E-state index in [2.05, 4.69) is 47.7 Å². The van der Waals surface area contributed by atoms with Gasteiger partial charge in [-0.15, -0.1) is 0 Å². The molecule has 1 aliphatic carbocycles. The minimum absolute atomic E-state index is 0.0937. The summed E-state index contributed by atoms with van der Waals surface area (Å²) in [4.78, 5) is 12.6. The first-order chi connectivity index (χ1) is 12.0. The summed E-state index contributed by atoms with van der Waals surface area (Å²) < 4.78 is 5.21. The third-order valence-corrected chi connectivity index (χ3v) is 5.45. The summed E-state index contributed by atoms with van der Waals surface area (Å²) >= 11 is 0. The number of nitrogens with zero attached hydrogens (tertiary/aromatic N) is 1. The highest BCUT2D eigenvalue weighted by Gasteiger charge is 2.27. The summed E-state index contributed by atoms with van der Waals surface area (Å²) in [5.41, 5.74) is 3.44. The van der Waals surface area contributed by atoms with E-state index in [-0.39, 0.29) is 17.9 Å². The van der Waals surface area contributed by atoms with Crippen LogP contribution in [0.25, 0.3) is 0 Å². The van der Waals surface area contributed by atoms with E-state index in [1.807, 2.05) is 13.8 Å². The van der Waals surface area contributed by atoms with Gasteiger partial charge >= 0.3 is 0 Å². The monoisotopic (exact) mass is 340 g/mol. The average molecular weight is 340 g/mol. The molecule has 3 rings (SSSR count). The van der Waals surface area contributed by atoms with Gasteiger partial charge in [-0.05, 0) is 64.4 Å². The number of amides is 1. The maximum absolute atomic E-state index is 12.6. The molecule has 1 aromatic heterocycles. The molecule has 1 atom stereocenters. The average Bonchev–Trinajstić information content (AvgIpc) is 2.94.